The minimum Gasteiger partial charge on any atom is -0.426 e. The lowest BCUT2D eigenvalue weighted by Gasteiger charge is -2.19. The number of amides is 2. The molecule has 2 aliphatic rings. The third kappa shape index (κ3) is 16.1. The molecule has 1 aromatic carbocycles. The normalized spacial score (nSPS) is 13.3. The molecule has 0 bridgehead atoms. The zero-order valence-corrected chi connectivity index (χ0v) is 33.2. The van der Waals surface area contributed by atoms with E-state index in [1.807, 2.05) is 27.7 Å². The van der Waals surface area contributed by atoms with Gasteiger partial charge in [0.2, 0.25) is 5.91 Å². The molecule has 0 unspecified atom stereocenters. The Hall–Kier alpha value is -6.04. The Morgan fingerprint density at radius 2 is 1.36 bits per heavy atom. The van der Waals surface area contributed by atoms with E-state index in [0.29, 0.717) is 25.0 Å². The summed E-state index contributed by atoms with van der Waals surface area (Å²) in [4.78, 5) is 58.0. The van der Waals surface area contributed by atoms with Crippen LogP contribution in [-0.4, -0.2) is 94.3 Å². The number of nitrogens with one attached hydrogen (secondary N) is 4. The zero-order valence-electron chi connectivity index (χ0n) is 30.8. The Kier molecular flexibility index (Phi) is 17.0. The molecule has 22 nitrogen and oxygen atoms in total. The van der Waals surface area contributed by atoms with Crippen molar-refractivity contribution in [1.82, 2.24) is 41.2 Å². The van der Waals surface area contributed by atoms with E-state index in [1.54, 1.807) is 12.1 Å². The monoisotopic (exact) mass is 839 g/mol. The molecule has 0 aliphatic carbocycles. The molecule has 0 radical (unpaired) electrons. The number of esters is 1. The van der Waals surface area contributed by atoms with E-state index in [1.165, 1.54) is 19.1 Å². The number of nitrogen functional groups attached to an aromatic ring is 4. The van der Waals surface area contributed by atoms with Crippen molar-refractivity contribution in [3.05, 3.63) is 63.4 Å². The smallest absolute Gasteiger partial charge is 0.365 e. The quantitative estimate of drug-likeness (QED) is 0.0719. The Morgan fingerprint density at radius 1 is 0.839 bits per heavy atom. The molecule has 304 valence electrons. The van der Waals surface area contributed by atoms with Gasteiger partial charge in [0, 0.05) is 24.7 Å². The lowest BCUT2D eigenvalue weighted by molar-refractivity contribution is -0.117. The molecule has 2 aromatic heterocycles. The van der Waals surface area contributed by atoms with Crippen LogP contribution in [0, 0.1) is 6.92 Å². The first-order valence-electron chi connectivity index (χ1n) is 16.0. The first kappa shape index (κ1) is 46.1. The SMILES string of the molecule is C/C(=C\C(=O)NC(C)(C)C)OC(=O)c1nc(Cl)c(N)nc1N.Cc1ccc(S(=O)(=O)O)cc1.NC1=NCCN1.Nc1nc(N)c(C(=O)NC2=NCCN2)nc1Cl. The summed E-state index contributed by atoms with van der Waals surface area (Å²) in [5, 5.41) is 10.7. The first-order chi connectivity index (χ1) is 26.0. The highest BCUT2D eigenvalue weighted by atomic mass is 35.5. The van der Waals surface area contributed by atoms with E-state index >= 15 is 0 Å². The largest absolute Gasteiger partial charge is 0.426 e. The molecule has 2 amide bonds. The van der Waals surface area contributed by atoms with Crippen LogP contribution >= 0.6 is 23.2 Å². The van der Waals surface area contributed by atoms with Gasteiger partial charge in [0.1, 0.15) is 5.76 Å². The molecule has 15 N–H and O–H groups in total. The van der Waals surface area contributed by atoms with Gasteiger partial charge in [-0.2, -0.15) is 8.42 Å². The van der Waals surface area contributed by atoms with Crippen molar-refractivity contribution < 1.29 is 32.1 Å². The fraction of sp³-hybridized carbons (Fsp3) is 0.323. The number of halogens is 2. The van der Waals surface area contributed by atoms with Crippen LogP contribution in [0.4, 0.5) is 23.3 Å². The van der Waals surface area contributed by atoms with Crippen molar-refractivity contribution in [3.8, 4) is 0 Å². The number of allylic oxidation sites excluding steroid dienone is 1. The predicted octanol–water partition coefficient (Wildman–Crippen LogP) is 0.399. The molecule has 0 fully saturated rings. The highest BCUT2D eigenvalue weighted by Gasteiger charge is 2.20. The number of nitrogens with zero attached hydrogens (tertiary/aromatic N) is 6. The standard InChI is InChI=1S/C13H18ClN5O3.C8H10ClN7O.C7H8O3S.C3H7N3/c1-6(5-7(20)19-13(2,3)4)22-12(21)8-10(15)18-11(16)9(14)17-8;9-4-6(11)15-5(10)3(14-4)7(17)16-8-12-1-2-13-8;1-6-2-4-7(5-3-6)11(8,9)10;4-3-5-1-2-6-3/h5H,1-4H3,(H,19,20)(H4,15,16,18);1-2H2,(H4,10,11,15)(H2,12,13,16,17);2-5H,1H3,(H,8,9,10);1-2H2,(H3,4,5,6)/b6-5+;;;. The maximum absolute atomic E-state index is 11.9. The third-order valence-electron chi connectivity index (χ3n) is 6.23. The molecule has 0 saturated carbocycles. The number of hydrogen-bond donors (Lipinski definition) is 10. The van der Waals surface area contributed by atoms with Crippen molar-refractivity contribution in [2.24, 2.45) is 15.7 Å². The van der Waals surface area contributed by atoms with E-state index < -0.39 is 33.4 Å². The lowest BCUT2D eigenvalue weighted by atomic mass is 10.1. The van der Waals surface area contributed by atoms with Gasteiger partial charge in [-0.1, -0.05) is 40.9 Å². The number of benzene rings is 1. The summed E-state index contributed by atoms with van der Waals surface area (Å²) in [7, 11) is -4.02. The number of rotatable bonds is 5. The molecule has 56 heavy (non-hydrogen) atoms. The first-order valence-corrected chi connectivity index (χ1v) is 18.2. The predicted molar refractivity (Wildman–Crippen MR) is 212 cm³/mol. The van der Waals surface area contributed by atoms with Gasteiger partial charge < -0.3 is 49.4 Å². The molecule has 0 spiro atoms. The third-order valence-corrected chi connectivity index (χ3v) is 7.65. The second-order valence-corrected chi connectivity index (χ2v) is 14.4. The highest BCUT2D eigenvalue weighted by molar-refractivity contribution is 7.85. The summed E-state index contributed by atoms with van der Waals surface area (Å²) in [6.07, 6.45) is 1.14. The molecule has 2 aliphatic heterocycles. The summed E-state index contributed by atoms with van der Waals surface area (Å²) in [6.45, 7) is 11.8. The fourth-order valence-corrected chi connectivity index (χ4v) is 4.52. The van der Waals surface area contributed by atoms with Gasteiger partial charge in [0.15, 0.2) is 56.9 Å². The number of carbonyl (C=O) groups is 3. The van der Waals surface area contributed by atoms with Crippen LogP contribution < -0.4 is 49.9 Å². The average Bonchev–Trinajstić information content (AvgIpc) is 3.78. The second kappa shape index (κ2) is 20.6. The van der Waals surface area contributed by atoms with Gasteiger partial charge in [-0.25, -0.2) is 24.7 Å². The van der Waals surface area contributed by atoms with Crippen molar-refractivity contribution in [2.75, 3.05) is 49.1 Å². The Balaban J connectivity index is 0.000000280. The van der Waals surface area contributed by atoms with Gasteiger partial charge in [0.05, 0.1) is 18.0 Å². The van der Waals surface area contributed by atoms with Crippen molar-refractivity contribution in [2.45, 2.75) is 45.1 Å². The van der Waals surface area contributed by atoms with E-state index in [0.717, 1.165) is 24.7 Å². The topological polar surface area (TPSA) is 369 Å². The zero-order chi connectivity index (χ0) is 42.4. The Labute approximate surface area is 331 Å². The molecule has 3 aromatic rings. The van der Waals surface area contributed by atoms with Crippen LogP contribution in [0.3, 0.4) is 0 Å². The number of anilines is 4. The Morgan fingerprint density at radius 3 is 1.80 bits per heavy atom. The molecule has 5 rings (SSSR count). The van der Waals surface area contributed by atoms with Crippen LogP contribution in [0.5, 0.6) is 0 Å². The van der Waals surface area contributed by atoms with Crippen molar-refractivity contribution in [1.29, 1.82) is 0 Å². The average molecular weight is 841 g/mol. The van der Waals surface area contributed by atoms with Crippen molar-refractivity contribution >= 4 is 86.3 Å². The molecule has 0 saturated heterocycles. The van der Waals surface area contributed by atoms with E-state index in [9.17, 15) is 22.8 Å². The molecular weight excluding hydrogens is 797 g/mol. The molecule has 25 heteroatoms. The summed E-state index contributed by atoms with van der Waals surface area (Å²) < 4.78 is 34.5. The number of nitrogens with two attached hydrogens (primary N) is 5. The fourth-order valence-electron chi connectivity index (χ4n) is 3.79. The molecule has 0 atom stereocenters. The van der Waals surface area contributed by atoms with Crippen LogP contribution in [0.2, 0.25) is 10.3 Å². The van der Waals surface area contributed by atoms with Crippen LogP contribution in [-0.2, 0) is 19.6 Å². The minimum atomic E-state index is -4.02. The van der Waals surface area contributed by atoms with Crippen LogP contribution in [0.15, 0.2) is 51.0 Å². The van der Waals surface area contributed by atoms with Gasteiger partial charge in [-0.05, 0) is 46.8 Å². The highest BCUT2D eigenvalue weighted by Crippen LogP contribution is 2.19. The van der Waals surface area contributed by atoms with Gasteiger partial charge >= 0.3 is 5.97 Å². The number of ether oxygens (including phenoxy) is 1. The minimum absolute atomic E-state index is 0.0166. The number of hydrogen-bond acceptors (Lipinski definition) is 19. The lowest BCUT2D eigenvalue weighted by Crippen LogP contribution is -2.39. The summed E-state index contributed by atoms with van der Waals surface area (Å²) in [5.74, 6) is -1.19. The number of aryl methyl sites for hydroxylation is 1. The maximum atomic E-state index is 11.9. The number of aromatic nitrogens is 4. The van der Waals surface area contributed by atoms with E-state index in [4.69, 9.17) is 61.2 Å². The van der Waals surface area contributed by atoms with Gasteiger partial charge in [0.25, 0.3) is 16.0 Å². The van der Waals surface area contributed by atoms with Gasteiger partial charge in [-0.15, -0.1) is 0 Å². The number of aliphatic imine (C=N–C) groups is 2. The summed E-state index contributed by atoms with van der Waals surface area (Å²) in [6, 6.07) is 5.99. The summed E-state index contributed by atoms with van der Waals surface area (Å²) in [5.41, 5.74) is 27.3. The van der Waals surface area contributed by atoms with Crippen LogP contribution in [0.25, 0.3) is 0 Å². The van der Waals surface area contributed by atoms with Gasteiger partial charge in [-0.3, -0.25) is 29.4 Å². The molecular formula is C31H43Cl2N15O7S. The second-order valence-electron chi connectivity index (χ2n) is 12.2. The Bertz CT molecular complexity index is 2110. The van der Waals surface area contributed by atoms with Crippen LogP contribution in [0.1, 0.15) is 54.2 Å². The number of carbonyl (C=O) groups excluding carboxylic acids is 3. The van der Waals surface area contributed by atoms with Crippen molar-refractivity contribution in [3.63, 3.8) is 0 Å². The summed E-state index contributed by atoms with van der Waals surface area (Å²) >= 11 is 11.3. The maximum Gasteiger partial charge on any atom is 0.365 e. The van der Waals surface area contributed by atoms with E-state index in [-0.39, 0.29) is 55.6 Å². The number of guanidine groups is 2. The molecule has 4 heterocycles. The van der Waals surface area contributed by atoms with E-state index in [2.05, 4.69) is 51.2 Å².